The first kappa shape index (κ1) is 14.8. The van der Waals surface area contributed by atoms with Crippen molar-refractivity contribution in [3.05, 3.63) is 0 Å². The molecule has 4 rings (SSSR count). The topological polar surface area (TPSA) is 50.1 Å². The molecule has 6 unspecified atom stereocenters. The minimum absolute atomic E-state index is 0.0223. The van der Waals surface area contributed by atoms with Crippen molar-refractivity contribution in [3.8, 4) is 0 Å². The summed E-state index contributed by atoms with van der Waals surface area (Å²) in [6.07, 6.45) is 2.14. The molecule has 21 heavy (non-hydrogen) atoms. The van der Waals surface area contributed by atoms with E-state index in [0.29, 0.717) is 10.5 Å². The van der Waals surface area contributed by atoms with Gasteiger partial charge >= 0.3 is 0 Å². The molecule has 0 spiro atoms. The van der Waals surface area contributed by atoms with Crippen LogP contribution in [-0.4, -0.2) is 59.3 Å². The van der Waals surface area contributed by atoms with Crippen molar-refractivity contribution in [2.75, 3.05) is 26.4 Å². The van der Waals surface area contributed by atoms with Gasteiger partial charge in [-0.05, 0) is 40.5 Å². The van der Waals surface area contributed by atoms with Gasteiger partial charge < -0.3 is 18.9 Å². The Morgan fingerprint density at radius 2 is 1.05 bits per heavy atom. The highest BCUT2D eigenvalue weighted by atomic mass is 32.2. The summed E-state index contributed by atoms with van der Waals surface area (Å²) < 4.78 is 22.8. The molecule has 0 bridgehead atoms. The van der Waals surface area contributed by atoms with Crippen LogP contribution in [0.25, 0.3) is 0 Å². The monoisotopic (exact) mass is 314 g/mol. The van der Waals surface area contributed by atoms with E-state index in [1.165, 1.54) is 0 Å². The Morgan fingerprint density at radius 3 is 1.29 bits per heavy atom. The fourth-order valence-electron chi connectivity index (χ4n) is 2.88. The summed E-state index contributed by atoms with van der Waals surface area (Å²) in [6.45, 7) is 12.4. The van der Waals surface area contributed by atoms with Crippen LogP contribution in [0.5, 0.6) is 0 Å². The standard InChI is InChI=1S/C16H26O4S/c1-13(7-17-13)5-11(15(3)9-19-15)21-12(16(4)10-20-16)6-14(2)8-18-14/h11-12H,5-10H2,1-4H3. The molecule has 0 aromatic heterocycles. The van der Waals surface area contributed by atoms with Gasteiger partial charge in [0.05, 0.1) is 37.6 Å². The molecule has 6 atom stereocenters. The van der Waals surface area contributed by atoms with Crippen LogP contribution in [0, 0.1) is 0 Å². The molecule has 0 amide bonds. The smallest absolute Gasteiger partial charge is 0.101 e. The summed E-state index contributed by atoms with van der Waals surface area (Å²) in [5.41, 5.74) is 0.188. The molecule has 0 N–H and O–H groups in total. The first-order valence-electron chi connectivity index (χ1n) is 7.96. The number of epoxide rings is 4. The van der Waals surface area contributed by atoms with Crippen LogP contribution in [0.2, 0.25) is 0 Å². The maximum absolute atomic E-state index is 5.76. The van der Waals surface area contributed by atoms with Gasteiger partial charge in [0.2, 0.25) is 0 Å². The average molecular weight is 314 g/mol. The molecule has 0 aliphatic carbocycles. The lowest BCUT2D eigenvalue weighted by molar-refractivity contribution is 0.250. The van der Waals surface area contributed by atoms with E-state index in [9.17, 15) is 0 Å². The first-order chi connectivity index (χ1) is 9.75. The third kappa shape index (κ3) is 3.13. The average Bonchev–Trinajstić information content (AvgIpc) is 3.16. The predicted molar refractivity (Wildman–Crippen MR) is 81.8 cm³/mol. The zero-order valence-electron chi connectivity index (χ0n) is 13.4. The van der Waals surface area contributed by atoms with Crippen LogP contribution in [0.4, 0.5) is 0 Å². The van der Waals surface area contributed by atoms with Gasteiger partial charge in [-0.25, -0.2) is 0 Å². The summed E-state index contributed by atoms with van der Waals surface area (Å²) >= 11 is 2.05. The van der Waals surface area contributed by atoms with Crippen molar-refractivity contribution in [2.24, 2.45) is 0 Å². The van der Waals surface area contributed by atoms with Crippen LogP contribution in [0.15, 0.2) is 0 Å². The summed E-state index contributed by atoms with van der Waals surface area (Å²) in [7, 11) is 0. The summed E-state index contributed by atoms with van der Waals surface area (Å²) in [6, 6.07) is 0. The van der Waals surface area contributed by atoms with Gasteiger partial charge in [-0.1, -0.05) is 0 Å². The third-order valence-electron chi connectivity index (χ3n) is 5.40. The van der Waals surface area contributed by atoms with E-state index in [4.69, 9.17) is 18.9 Å². The molecule has 0 saturated carbocycles. The highest BCUT2D eigenvalue weighted by molar-refractivity contribution is 8.00. The lowest BCUT2D eigenvalue weighted by Crippen LogP contribution is -2.36. The molecular weight excluding hydrogens is 288 g/mol. The second kappa shape index (κ2) is 4.38. The normalized spacial score (nSPS) is 53.1. The molecule has 4 nitrogen and oxygen atoms in total. The molecule has 4 aliphatic rings. The maximum Gasteiger partial charge on any atom is 0.101 e. The molecule has 4 fully saturated rings. The molecule has 4 heterocycles. The predicted octanol–water partition coefficient (Wildman–Crippen LogP) is 2.39. The number of hydrogen-bond acceptors (Lipinski definition) is 5. The van der Waals surface area contributed by atoms with Gasteiger partial charge in [-0.15, -0.1) is 11.8 Å². The molecule has 4 aliphatic heterocycles. The number of thioether (sulfide) groups is 1. The van der Waals surface area contributed by atoms with E-state index >= 15 is 0 Å². The number of rotatable bonds is 8. The number of hydrogen-bond donors (Lipinski definition) is 0. The van der Waals surface area contributed by atoms with Crippen LogP contribution in [-0.2, 0) is 18.9 Å². The van der Waals surface area contributed by atoms with E-state index in [-0.39, 0.29) is 22.4 Å². The molecule has 4 saturated heterocycles. The minimum Gasteiger partial charge on any atom is -0.370 e. The Morgan fingerprint density at radius 1 is 0.714 bits per heavy atom. The second-order valence-corrected chi connectivity index (χ2v) is 9.61. The maximum atomic E-state index is 5.76. The number of ether oxygens (including phenoxy) is 4. The first-order valence-corrected chi connectivity index (χ1v) is 8.90. The molecule has 0 aromatic carbocycles. The zero-order valence-corrected chi connectivity index (χ0v) is 14.3. The fourth-order valence-corrected chi connectivity index (χ4v) is 5.02. The van der Waals surface area contributed by atoms with Gasteiger partial charge in [0.25, 0.3) is 0 Å². The van der Waals surface area contributed by atoms with Gasteiger partial charge in [0.15, 0.2) is 0 Å². The van der Waals surface area contributed by atoms with Crippen molar-refractivity contribution in [1.82, 2.24) is 0 Å². The Kier molecular flexibility index (Phi) is 3.08. The minimum atomic E-state index is 0.0223. The lowest BCUT2D eigenvalue weighted by atomic mass is 9.97. The fraction of sp³-hybridized carbons (Fsp3) is 1.00. The molecular formula is C16H26O4S. The Hall–Kier alpha value is 0.190. The van der Waals surface area contributed by atoms with Gasteiger partial charge in [0.1, 0.15) is 11.2 Å². The largest absolute Gasteiger partial charge is 0.370 e. The van der Waals surface area contributed by atoms with Crippen molar-refractivity contribution in [1.29, 1.82) is 0 Å². The molecule has 5 heteroatoms. The van der Waals surface area contributed by atoms with Crippen LogP contribution in [0.1, 0.15) is 40.5 Å². The van der Waals surface area contributed by atoms with Crippen LogP contribution in [0.3, 0.4) is 0 Å². The van der Waals surface area contributed by atoms with Gasteiger partial charge in [0, 0.05) is 10.5 Å². The van der Waals surface area contributed by atoms with Crippen LogP contribution >= 0.6 is 11.8 Å². The van der Waals surface area contributed by atoms with Crippen molar-refractivity contribution >= 4 is 11.8 Å². The van der Waals surface area contributed by atoms with E-state index in [0.717, 1.165) is 39.3 Å². The second-order valence-electron chi connectivity index (χ2n) is 8.20. The van der Waals surface area contributed by atoms with Crippen molar-refractivity contribution < 1.29 is 18.9 Å². The summed E-state index contributed by atoms with van der Waals surface area (Å²) in [4.78, 5) is 0. The third-order valence-corrected chi connectivity index (χ3v) is 7.39. The van der Waals surface area contributed by atoms with Crippen molar-refractivity contribution in [2.45, 2.75) is 73.4 Å². The zero-order chi connectivity index (χ0) is 14.9. The van der Waals surface area contributed by atoms with E-state index < -0.39 is 0 Å². The molecule has 0 radical (unpaired) electrons. The SMILES string of the molecule is CC1(CC(SC(CC2(C)CO2)C2(C)CO2)C2(C)CO2)CO1. The highest BCUT2D eigenvalue weighted by Crippen LogP contribution is 2.52. The van der Waals surface area contributed by atoms with E-state index in [1.54, 1.807) is 0 Å². The summed E-state index contributed by atoms with van der Waals surface area (Å²) in [5.74, 6) is 0. The van der Waals surface area contributed by atoms with E-state index in [1.807, 2.05) is 0 Å². The lowest BCUT2D eigenvalue weighted by Gasteiger charge is -2.30. The van der Waals surface area contributed by atoms with Crippen LogP contribution < -0.4 is 0 Å². The summed E-state index contributed by atoms with van der Waals surface area (Å²) in [5, 5.41) is 0.941. The van der Waals surface area contributed by atoms with E-state index in [2.05, 4.69) is 39.5 Å². The van der Waals surface area contributed by atoms with Crippen molar-refractivity contribution in [3.63, 3.8) is 0 Å². The highest BCUT2D eigenvalue weighted by Gasteiger charge is 2.58. The Labute approximate surface area is 131 Å². The van der Waals surface area contributed by atoms with Gasteiger partial charge in [-0.2, -0.15) is 0 Å². The molecule has 120 valence electrons. The van der Waals surface area contributed by atoms with Gasteiger partial charge in [-0.3, -0.25) is 0 Å². The molecule has 0 aromatic rings. The Bertz CT molecular complexity index is 396. The quantitative estimate of drug-likeness (QED) is 0.644. The Balaban J connectivity index is 1.46.